The van der Waals surface area contributed by atoms with Gasteiger partial charge in [-0.1, -0.05) is 54.6 Å². The predicted molar refractivity (Wildman–Crippen MR) is 110 cm³/mol. The van der Waals surface area contributed by atoms with Gasteiger partial charge in [-0.05, 0) is 41.8 Å². The number of para-hydroxylation sites is 2. The second kappa shape index (κ2) is 7.62. The Bertz CT molecular complexity index is 1100. The van der Waals surface area contributed by atoms with Gasteiger partial charge in [0.15, 0.2) is 0 Å². The fourth-order valence-corrected chi connectivity index (χ4v) is 3.53. The first-order chi connectivity index (χ1) is 13.2. The fraction of sp³-hybridized carbons (Fsp3) is 0.217. The summed E-state index contributed by atoms with van der Waals surface area (Å²) in [7, 11) is 0. The maximum atomic E-state index is 12.2. The number of benzene rings is 3. The summed E-state index contributed by atoms with van der Waals surface area (Å²) >= 11 is 0. The van der Waals surface area contributed by atoms with Crippen molar-refractivity contribution in [1.82, 2.24) is 14.9 Å². The van der Waals surface area contributed by atoms with Crippen molar-refractivity contribution in [2.75, 3.05) is 6.54 Å². The van der Waals surface area contributed by atoms with Crippen LogP contribution in [0, 0.1) is 6.92 Å². The van der Waals surface area contributed by atoms with E-state index in [0.717, 1.165) is 29.8 Å². The third kappa shape index (κ3) is 3.85. The fourth-order valence-electron chi connectivity index (χ4n) is 3.53. The highest BCUT2D eigenvalue weighted by atomic mass is 16.1. The summed E-state index contributed by atoms with van der Waals surface area (Å²) in [5.41, 5.74) is 3.30. The topological polar surface area (TPSA) is 46.9 Å². The van der Waals surface area contributed by atoms with Gasteiger partial charge in [0, 0.05) is 19.5 Å². The van der Waals surface area contributed by atoms with E-state index in [2.05, 4.69) is 51.3 Å². The van der Waals surface area contributed by atoms with Crippen molar-refractivity contribution in [3.05, 3.63) is 78.1 Å². The van der Waals surface area contributed by atoms with Crippen LogP contribution in [0.25, 0.3) is 21.8 Å². The van der Waals surface area contributed by atoms with Crippen LogP contribution in [0.1, 0.15) is 17.8 Å². The van der Waals surface area contributed by atoms with E-state index in [0.29, 0.717) is 13.0 Å². The molecule has 27 heavy (non-hydrogen) atoms. The number of fused-ring (bicyclic) bond motifs is 2. The number of nitrogens with zero attached hydrogens (tertiary/aromatic N) is 2. The third-order valence-corrected chi connectivity index (χ3v) is 4.96. The molecule has 4 rings (SSSR count). The highest BCUT2D eigenvalue weighted by Crippen LogP contribution is 2.17. The van der Waals surface area contributed by atoms with E-state index < -0.39 is 0 Å². The van der Waals surface area contributed by atoms with E-state index >= 15 is 0 Å². The van der Waals surface area contributed by atoms with Gasteiger partial charge in [-0.3, -0.25) is 4.79 Å². The summed E-state index contributed by atoms with van der Waals surface area (Å²) in [5, 5.41) is 5.48. The summed E-state index contributed by atoms with van der Waals surface area (Å²) < 4.78 is 2.15. The van der Waals surface area contributed by atoms with Crippen molar-refractivity contribution < 1.29 is 4.79 Å². The summed E-state index contributed by atoms with van der Waals surface area (Å²) in [5.74, 6) is 1.06. The van der Waals surface area contributed by atoms with Crippen LogP contribution in [-0.4, -0.2) is 22.0 Å². The summed E-state index contributed by atoms with van der Waals surface area (Å²) in [6.45, 7) is 3.34. The number of hydrogen-bond acceptors (Lipinski definition) is 2. The van der Waals surface area contributed by atoms with Crippen molar-refractivity contribution in [2.45, 2.75) is 26.3 Å². The molecule has 1 amide bonds. The molecule has 0 saturated heterocycles. The number of hydrogen-bond donors (Lipinski definition) is 1. The molecule has 0 saturated carbocycles. The van der Waals surface area contributed by atoms with Crippen LogP contribution in [0.5, 0.6) is 0 Å². The van der Waals surface area contributed by atoms with Gasteiger partial charge < -0.3 is 9.88 Å². The van der Waals surface area contributed by atoms with Gasteiger partial charge in [0.05, 0.1) is 11.0 Å². The number of amides is 1. The molecule has 136 valence electrons. The summed E-state index contributed by atoms with van der Waals surface area (Å²) in [4.78, 5) is 16.8. The van der Waals surface area contributed by atoms with Crippen molar-refractivity contribution in [1.29, 1.82) is 0 Å². The van der Waals surface area contributed by atoms with Crippen LogP contribution < -0.4 is 5.32 Å². The quantitative estimate of drug-likeness (QED) is 0.561. The molecule has 1 aromatic heterocycles. The second-order valence-electron chi connectivity index (χ2n) is 6.83. The van der Waals surface area contributed by atoms with Crippen LogP contribution >= 0.6 is 0 Å². The lowest BCUT2D eigenvalue weighted by molar-refractivity contribution is -0.121. The first-order valence-corrected chi connectivity index (χ1v) is 9.37. The molecule has 4 heteroatoms. The van der Waals surface area contributed by atoms with Crippen molar-refractivity contribution in [2.24, 2.45) is 0 Å². The number of aromatic nitrogens is 2. The lowest BCUT2D eigenvalue weighted by atomic mass is 10.0. The Morgan fingerprint density at radius 3 is 2.67 bits per heavy atom. The number of carbonyl (C=O) groups excluding carboxylic acids is 1. The van der Waals surface area contributed by atoms with E-state index in [9.17, 15) is 4.79 Å². The second-order valence-corrected chi connectivity index (χ2v) is 6.83. The summed E-state index contributed by atoms with van der Waals surface area (Å²) in [6, 6.07) is 22.8. The van der Waals surface area contributed by atoms with Gasteiger partial charge in [0.2, 0.25) is 5.91 Å². The Labute approximate surface area is 158 Å². The maximum absolute atomic E-state index is 12.2. The molecule has 4 aromatic rings. The molecule has 0 aliphatic rings. The lowest BCUT2D eigenvalue weighted by Gasteiger charge is -2.09. The molecule has 0 fully saturated rings. The van der Waals surface area contributed by atoms with Crippen LogP contribution in [0.2, 0.25) is 0 Å². The molecule has 0 atom stereocenters. The molecular formula is C23H23N3O. The van der Waals surface area contributed by atoms with Gasteiger partial charge in [-0.15, -0.1) is 0 Å². The Hall–Kier alpha value is -3.14. The molecule has 4 nitrogen and oxygen atoms in total. The van der Waals surface area contributed by atoms with Gasteiger partial charge >= 0.3 is 0 Å². The van der Waals surface area contributed by atoms with Crippen LogP contribution in [0.4, 0.5) is 0 Å². The van der Waals surface area contributed by atoms with Gasteiger partial charge in [-0.2, -0.15) is 0 Å². The number of nitrogens with one attached hydrogen (secondary N) is 1. The molecule has 0 aliphatic heterocycles. The summed E-state index contributed by atoms with van der Waals surface area (Å²) in [6.07, 6.45) is 1.26. The van der Waals surface area contributed by atoms with Gasteiger partial charge in [0.25, 0.3) is 0 Å². The van der Waals surface area contributed by atoms with Crippen LogP contribution in [-0.2, 0) is 17.8 Å². The zero-order valence-corrected chi connectivity index (χ0v) is 15.5. The van der Waals surface area contributed by atoms with Gasteiger partial charge in [-0.25, -0.2) is 4.98 Å². The smallest absolute Gasteiger partial charge is 0.220 e. The maximum Gasteiger partial charge on any atom is 0.220 e. The molecule has 0 spiro atoms. The molecular weight excluding hydrogens is 334 g/mol. The number of rotatable bonds is 6. The minimum atomic E-state index is 0.0882. The standard InChI is InChI=1S/C23H23N3O/c1-17-25-21-8-4-5-9-22(21)26(17)15-14-24-23(27)13-11-18-10-12-19-6-2-3-7-20(19)16-18/h2-10,12,16H,11,13-15H2,1H3,(H,24,27). The first-order valence-electron chi connectivity index (χ1n) is 9.37. The first kappa shape index (κ1) is 17.3. The Balaban J connectivity index is 1.31. The van der Waals surface area contributed by atoms with Gasteiger partial charge in [0.1, 0.15) is 5.82 Å². The molecule has 0 unspecified atom stereocenters. The predicted octanol–water partition coefficient (Wildman–Crippen LogP) is 4.25. The zero-order valence-electron chi connectivity index (χ0n) is 15.5. The van der Waals surface area contributed by atoms with E-state index in [-0.39, 0.29) is 5.91 Å². The Morgan fingerprint density at radius 2 is 1.78 bits per heavy atom. The number of imidazole rings is 1. The highest BCUT2D eigenvalue weighted by molar-refractivity contribution is 5.83. The van der Waals surface area contributed by atoms with E-state index in [1.54, 1.807) is 0 Å². The van der Waals surface area contributed by atoms with Crippen LogP contribution in [0.3, 0.4) is 0 Å². The molecule has 0 radical (unpaired) electrons. The van der Waals surface area contributed by atoms with E-state index in [1.165, 1.54) is 16.3 Å². The average molecular weight is 357 g/mol. The molecule has 1 heterocycles. The lowest BCUT2D eigenvalue weighted by Crippen LogP contribution is -2.27. The number of aryl methyl sites for hydroxylation is 2. The Kier molecular flexibility index (Phi) is 4.88. The monoisotopic (exact) mass is 357 g/mol. The van der Waals surface area contributed by atoms with Crippen molar-refractivity contribution >= 4 is 27.7 Å². The van der Waals surface area contributed by atoms with Crippen molar-refractivity contribution in [3.8, 4) is 0 Å². The third-order valence-electron chi connectivity index (χ3n) is 4.96. The largest absolute Gasteiger partial charge is 0.354 e. The van der Waals surface area contributed by atoms with E-state index in [1.807, 2.05) is 37.3 Å². The van der Waals surface area contributed by atoms with Crippen molar-refractivity contribution in [3.63, 3.8) is 0 Å². The highest BCUT2D eigenvalue weighted by Gasteiger charge is 2.07. The van der Waals surface area contributed by atoms with E-state index in [4.69, 9.17) is 0 Å². The molecule has 3 aromatic carbocycles. The SMILES string of the molecule is Cc1nc2ccccc2n1CCNC(=O)CCc1ccc2ccccc2c1. The molecule has 0 bridgehead atoms. The normalized spacial score (nSPS) is 11.1. The number of carbonyl (C=O) groups is 1. The molecule has 0 aliphatic carbocycles. The van der Waals surface area contributed by atoms with Crippen LogP contribution in [0.15, 0.2) is 66.7 Å². The molecule has 1 N–H and O–H groups in total. The zero-order chi connectivity index (χ0) is 18.6. The Morgan fingerprint density at radius 1 is 1.00 bits per heavy atom. The minimum Gasteiger partial charge on any atom is -0.354 e. The minimum absolute atomic E-state index is 0.0882. The average Bonchev–Trinajstić information content (AvgIpc) is 3.01.